The van der Waals surface area contributed by atoms with Gasteiger partial charge >= 0.3 is 0 Å². The molecule has 0 radical (unpaired) electrons. The minimum absolute atomic E-state index is 0.200. The first-order chi connectivity index (χ1) is 10.3. The minimum atomic E-state index is 0.200. The predicted octanol–water partition coefficient (Wildman–Crippen LogP) is 0.536. The van der Waals surface area contributed by atoms with Gasteiger partial charge in [0.05, 0.1) is 0 Å². The Hall–Kier alpha value is -2.22. The number of hydrogen-bond donors (Lipinski definition) is 2. The Kier molecular flexibility index (Phi) is 3.96. The van der Waals surface area contributed by atoms with Crippen molar-refractivity contribution in [3.8, 4) is 5.95 Å². The maximum Gasteiger partial charge on any atom is 0.241 e. The van der Waals surface area contributed by atoms with Crippen molar-refractivity contribution in [2.75, 3.05) is 30.7 Å². The largest absolute Gasteiger partial charge is 0.368 e. The lowest BCUT2D eigenvalue weighted by Gasteiger charge is -2.19. The Morgan fingerprint density at radius 3 is 2.90 bits per heavy atom. The van der Waals surface area contributed by atoms with E-state index in [0.717, 1.165) is 25.7 Å². The van der Waals surface area contributed by atoms with Crippen molar-refractivity contribution >= 4 is 11.9 Å². The molecule has 2 aromatic rings. The molecule has 0 unspecified atom stereocenters. The molecule has 21 heavy (non-hydrogen) atoms. The van der Waals surface area contributed by atoms with Crippen LogP contribution in [0.3, 0.4) is 0 Å². The highest BCUT2D eigenvalue weighted by atomic mass is 15.3. The SMILES string of the molecule is CCN(CCNc1nc(N)nc(-n2ccnc2)n1)C1CC1. The minimum Gasteiger partial charge on any atom is -0.368 e. The van der Waals surface area contributed by atoms with Crippen molar-refractivity contribution in [2.45, 2.75) is 25.8 Å². The van der Waals surface area contributed by atoms with E-state index in [0.29, 0.717) is 11.9 Å². The Bertz CT molecular complexity index is 578. The Labute approximate surface area is 123 Å². The van der Waals surface area contributed by atoms with Gasteiger partial charge in [0, 0.05) is 31.5 Å². The Morgan fingerprint density at radius 1 is 1.38 bits per heavy atom. The van der Waals surface area contributed by atoms with Gasteiger partial charge < -0.3 is 11.1 Å². The quantitative estimate of drug-likeness (QED) is 0.767. The van der Waals surface area contributed by atoms with Gasteiger partial charge in [-0.05, 0) is 19.4 Å². The van der Waals surface area contributed by atoms with Crippen LogP contribution in [-0.4, -0.2) is 55.1 Å². The fourth-order valence-corrected chi connectivity index (χ4v) is 2.30. The van der Waals surface area contributed by atoms with Gasteiger partial charge in [-0.1, -0.05) is 6.92 Å². The van der Waals surface area contributed by atoms with Gasteiger partial charge in [-0.25, -0.2) is 4.98 Å². The molecule has 0 saturated heterocycles. The fraction of sp³-hybridized carbons (Fsp3) is 0.538. The van der Waals surface area contributed by atoms with Gasteiger partial charge in [0.25, 0.3) is 0 Å². The summed E-state index contributed by atoms with van der Waals surface area (Å²) in [5.41, 5.74) is 5.74. The summed E-state index contributed by atoms with van der Waals surface area (Å²) in [4.78, 5) is 19.0. The van der Waals surface area contributed by atoms with E-state index >= 15 is 0 Å². The topological polar surface area (TPSA) is 97.8 Å². The average Bonchev–Trinajstić information content (AvgIpc) is 3.16. The number of nitrogens with two attached hydrogens (primary N) is 1. The number of nitrogens with one attached hydrogen (secondary N) is 1. The molecule has 112 valence electrons. The molecule has 2 heterocycles. The first-order valence-electron chi connectivity index (χ1n) is 7.24. The third kappa shape index (κ3) is 3.46. The second kappa shape index (κ2) is 6.04. The van der Waals surface area contributed by atoms with Gasteiger partial charge in [0.1, 0.15) is 6.33 Å². The van der Waals surface area contributed by atoms with Gasteiger partial charge in [-0.3, -0.25) is 9.47 Å². The number of rotatable bonds is 7. The van der Waals surface area contributed by atoms with Crippen LogP contribution in [0.5, 0.6) is 0 Å². The van der Waals surface area contributed by atoms with Crippen molar-refractivity contribution < 1.29 is 0 Å². The first-order valence-corrected chi connectivity index (χ1v) is 7.24. The zero-order valence-electron chi connectivity index (χ0n) is 12.1. The van der Waals surface area contributed by atoms with Crippen molar-refractivity contribution in [1.29, 1.82) is 0 Å². The molecule has 0 amide bonds. The number of hydrogen-bond acceptors (Lipinski definition) is 7. The van der Waals surface area contributed by atoms with Crippen LogP contribution in [-0.2, 0) is 0 Å². The average molecular weight is 288 g/mol. The van der Waals surface area contributed by atoms with Gasteiger partial charge in [0.15, 0.2) is 0 Å². The summed E-state index contributed by atoms with van der Waals surface area (Å²) in [7, 11) is 0. The summed E-state index contributed by atoms with van der Waals surface area (Å²) in [5, 5.41) is 3.22. The molecule has 1 saturated carbocycles. The molecular formula is C13H20N8. The van der Waals surface area contributed by atoms with Crippen LogP contribution in [0.2, 0.25) is 0 Å². The summed E-state index contributed by atoms with van der Waals surface area (Å²) in [6, 6.07) is 0.765. The van der Waals surface area contributed by atoms with Gasteiger partial charge in [-0.2, -0.15) is 15.0 Å². The normalized spacial score (nSPS) is 14.6. The van der Waals surface area contributed by atoms with Crippen LogP contribution in [0.25, 0.3) is 5.95 Å². The number of imidazole rings is 1. The molecule has 0 spiro atoms. The summed E-state index contributed by atoms with van der Waals surface area (Å²) in [5.74, 6) is 1.17. The lowest BCUT2D eigenvalue weighted by molar-refractivity contribution is 0.289. The fourth-order valence-electron chi connectivity index (χ4n) is 2.30. The molecule has 0 atom stereocenters. The van der Waals surface area contributed by atoms with Crippen molar-refractivity contribution in [1.82, 2.24) is 29.4 Å². The lowest BCUT2D eigenvalue weighted by Crippen LogP contribution is -2.31. The van der Waals surface area contributed by atoms with Gasteiger partial charge in [0.2, 0.25) is 17.8 Å². The lowest BCUT2D eigenvalue weighted by atomic mass is 10.4. The van der Waals surface area contributed by atoms with E-state index in [1.807, 2.05) is 0 Å². The van der Waals surface area contributed by atoms with Crippen molar-refractivity contribution in [3.05, 3.63) is 18.7 Å². The highest BCUT2D eigenvalue weighted by molar-refractivity contribution is 5.35. The van der Waals surface area contributed by atoms with E-state index in [-0.39, 0.29) is 5.95 Å². The summed E-state index contributed by atoms with van der Waals surface area (Å²) in [6.45, 7) is 5.03. The van der Waals surface area contributed by atoms with Gasteiger partial charge in [-0.15, -0.1) is 0 Å². The van der Waals surface area contributed by atoms with Crippen LogP contribution in [0, 0.1) is 0 Å². The molecule has 1 fully saturated rings. The number of anilines is 2. The zero-order chi connectivity index (χ0) is 14.7. The third-order valence-corrected chi connectivity index (χ3v) is 3.53. The van der Waals surface area contributed by atoms with Crippen LogP contribution in [0.4, 0.5) is 11.9 Å². The maximum atomic E-state index is 5.74. The van der Waals surface area contributed by atoms with Crippen LogP contribution >= 0.6 is 0 Å². The highest BCUT2D eigenvalue weighted by Gasteiger charge is 2.27. The highest BCUT2D eigenvalue weighted by Crippen LogP contribution is 2.25. The molecule has 0 aliphatic heterocycles. The first kappa shape index (κ1) is 13.7. The summed E-state index contributed by atoms with van der Waals surface area (Å²) in [6.07, 6.45) is 7.70. The molecule has 0 aromatic carbocycles. The standard InChI is InChI=1S/C13H20N8/c1-2-20(10-3-4-10)8-6-16-12-17-11(14)18-13(19-12)21-7-5-15-9-21/h5,7,9-10H,2-4,6,8H2,1H3,(H3,14,16,17,18,19). The number of nitrogen functional groups attached to an aromatic ring is 1. The Balaban J connectivity index is 1.62. The monoisotopic (exact) mass is 288 g/mol. The zero-order valence-corrected chi connectivity index (χ0v) is 12.1. The Morgan fingerprint density at radius 2 is 2.24 bits per heavy atom. The van der Waals surface area contributed by atoms with Crippen LogP contribution in [0.1, 0.15) is 19.8 Å². The molecule has 1 aliphatic carbocycles. The molecule has 8 heteroatoms. The van der Waals surface area contributed by atoms with Crippen LogP contribution < -0.4 is 11.1 Å². The van der Waals surface area contributed by atoms with E-state index in [1.54, 1.807) is 23.3 Å². The van der Waals surface area contributed by atoms with E-state index in [2.05, 4.69) is 37.1 Å². The number of likely N-dealkylation sites (N-methyl/N-ethyl adjacent to an activating group) is 1. The predicted molar refractivity (Wildman–Crippen MR) is 80.1 cm³/mol. The molecule has 8 nitrogen and oxygen atoms in total. The molecule has 3 N–H and O–H groups in total. The van der Waals surface area contributed by atoms with Crippen molar-refractivity contribution in [3.63, 3.8) is 0 Å². The molecule has 1 aliphatic rings. The maximum absolute atomic E-state index is 5.74. The number of aromatic nitrogens is 5. The molecule has 2 aromatic heterocycles. The smallest absolute Gasteiger partial charge is 0.241 e. The molecular weight excluding hydrogens is 268 g/mol. The molecule has 3 rings (SSSR count). The van der Waals surface area contributed by atoms with E-state index < -0.39 is 0 Å². The van der Waals surface area contributed by atoms with E-state index in [9.17, 15) is 0 Å². The van der Waals surface area contributed by atoms with Crippen LogP contribution in [0.15, 0.2) is 18.7 Å². The van der Waals surface area contributed by atoms with E-state index in [1.165, 1.54) is 12.8 Å². The third-order valence-electron chi connectivity index (χ3n) is 3.53. The summed E-state index contributed by atoms with van der Waals surface area (Å²) < 4.78 is 1.70. The van der Waals surface area contributed by atoms with E-state index in [4.69, 9.17) is 5.73 Å². The number of nitrogens with zero attached hydrogens (tertiary/aromatic N) is 6. The molecule has 0 bridgehead atoms. The second-order valence-electron chi connectivity index (χ2n) is 5.07. The second-order valence-corrected chi connectivity index (χ2v) is 5.07. The summed E-state index contributed by atoms with van der Waals surface area (Å²) >= 11 is 0. The van der Waals surface area contributed by atoms with Crippen molar-refractivity contribution in [2.24, 2.45) is 0 Å².